The number of fused-ring (bicyclic) bond motifs is 1. The normalized spacial score (nSPS) is 10.2. The number of hydrogen-bond donors (Lipinski definition) is 1. The molecule has 2 aromatic carbocycles. The van der Waals surface area contributed by atoms with Gasteiger partial charge in [-0.2, -0.15) is 0 Å². The first-order chi connectivity index (χ1) is 7.31. The maximum Gasteiger partial charge on any atom is 0.137 e. The minimum atomic E-state index is 0.798. The lowest BCUT2D eigenvalue weighted by molar-refractivity contribution is 1.71. The third kappa shape index (κ3) is 2.30. The predicted molar refractivity (Wildman–Crippen MR) is 73.7 cm³/mol. The fraction of sp³-hybridized carbons (Fsp3) is 0.0833. The molecule has 3 heteroatoms. The number of nitrogens with one attached hydrogen (secondary N) is 1. The molecule has 76 valence electrons. The van der Waals surface area contributed by atoms with Crippen molar-refractivity contribution in [3.05, 3.63) is 42.5 Å². The molecule has 0 spiro atoms. The lowest BCUT2D eigenvalue weighted by Crippen LogP contribution is -2.03. The lowest BCUT2D eigenvalue weighted by Gasteiger charge is -2.08. The Morgan fingerprint density at radius 1 is 1.13 bits per heavy atom. The number of benzene rings is 2. The van der Waals surface area contributed by atoms with Crippen molar-refractivity contribution in [2.45, 2.75) is 0 Å². The molecular weight excluding hydrogens is 222 g/mol. The summed E-state index contributed by atoms with van der Waals surface area (Å²) in [6.45, 7) is 0. The molecule has 0 atom stereocenters. The van der Waals surface area contributed by atoms with Gasteiger partial charge in [0.25, 0.3) is 0 Å². The monoisotopic (exact) mass is 233 g/mol. The first kappa shape index (κ1) is 10.5. The molecule has 0 radical (unpaired) electrons. The lowest BCUT2D eigenvalue weighted by atomic mass is 10.1. The Balaban J connectivity index is 2.46. The zero-order valence-corrected chi connectivity index (χ0v) is 9.99. The summed E-state index contributed by atoms with van der Waals surface area (Å²) in [6.07, 6.45) is 1.97. The summed E-state index contributed by atoms with van der Waals surface area (Å²) < 4.78 is 0.798. The Bertz CT molecular complexity index is 488. The maximum atomic E-state index is 5.15. The third-order valence-corrected chi connectivity index (χ3v) is 3.29. The van der Waals surface area contributed by atoms with Gasteiger partial charge in [-0.3, -0.25) is 0 Å². The summed E-state index contributed by atoms with van der Waals surface area (Å²) in [5.41, 5.74) is 1.08. The molecule has 2 aromatic rings. The average molecular weight is 233 g/mol. The molecule has 0 unspecified atom stereocenters. The topological polar surface area (TPSA) is 12.0 Å². The maximum absolute atomic E-state index is 5.15. The zero-order valence-electron chi connectivity index (χ0n) is 8.36. The van der Waals surface area contributed by atoms with E-state index in [0.717, 1.165) is 10.0 Å². The Kier molecular flexibility index (Phi) is 3.23. The second-order valence-corrected chi connectivity index (χ2v) is 4.63. The molecular formula is C12H11NS2. The van der Waals surface area contributed by atoms with Crippen LogP contribution < -0.4 is 5.32 Å². The van der Waals surface area contributed by atoms with E-state index >= 15 is 0 Å². The van der Waals surface area contributed by atoms with Crippen molar-refractivity contribution in [3.8, 4) is 0 Å². The van der Waals surface area contributed by atoms with Crippen LogP contribution in [0.15, 0.2) is 42.5 Å². The number of anilines is 1. The summed E-state index contributed by atoms with van der Waals surface area (Å²) >= 11 is 6.70. The van der Waals surface area contributed by atoms with E-state index in [1.54, 1.807) is 11.8 Å². The highest BCUT2D eigenvalue weighted by Crippen LogP contribution is 2.23. The number of hydrogen-bond acceptors (Lipinski definition) is 2. The summed E-state index contributed by atoms with van der Waals surface area (Å²) in [4.78, 5) is 0. The highest BCUT2D eigenvalue weighted by molar-refractivity contribution is 8.22. The fourth-order valence-corrected chi connectivity index (χ4v) is 1.82. The van der Waals surface area contributed by atoms with Crippen LogP contribution in [0.25, 0.3) is 10.8 Å². The molecule has 0 amide bonds. The number of thiocarbonyl (C=S) groups is 1. The SMILES string of the molecule is CSC(=S)Nc1cccc2ccccc12. The smallest absolute Gasteiger partial charge is 0.137 e. The fourth-order valence-electron chi connectivity index (χ4n) is 1.50. The summed E-state index contributed by atoms with van der Waals surface area (Å²) in [5.74, 6) is 0. The molecule has 0 saturated carbocycles. The van der Waals surface area contributed by atoms with Crippen molar-refractivity contribution in [2.24, 2.45) is 0 Å². The van der Waals surface area contributed by atoms with Crippen LogP contribution in [0.1, 0.15) is 0 Å². The van der Waals surface area contributed by atoms with Crippen molar-refractivity contribution in [2.75, 3.05) is 11.6 Å². The zero-order chi connectivity index (χ0) is 10.7. The molecule has 0 aliphatic carbocycles. The van der Waals surface area contributed by atoms with Gasteiger partial charge < -0.3 is 5.32 Å². The highest BCUT2D eigenvalue weighted by atomic mass is 32.2. The van der Waals surface area contributed by atoms with Gasteiger partial charge in [-0.05, 0) is 17.7 Å². The molecule has 2 rings (SSSR count). The molecule has 0 saturated heterocycles. The number of thioether (sulfide) groups is 1. The highest BCUT2D eigenvalue weighted by Gasteiger charge is 2.00. The van der Waals surface area contributed by atoms with Crippen molar-refractivity contribution < 1.29 is 0 Å². The molecule has 0 aliphatic rings. The van der Waals surface area contributed by atoms with Gasteiger partial charge in [0.2, 0.25) is 0 Å². The third-order valence-electron chi connectivity index (χ3n) is 2.21. The van der Waals surface area contributed by atoms with E-state index in [4.69, 9.17) is 12.2 Å². The summed E-state index contributed by atoms with van der Waals surface area (Å²) in [5, 5.41) is 5.66. The van der Waals surface area contributed by atoms with Gasteiger partial charge in [0, 0.05) is 11.1 Å². The Labute approximate surface area is 98.9 Å². The number of rotatable bonds is 1. The van der Waals surface area contributed by atoms with Gasteiger partial charge in [0.05, 0.1) is 0 Å². The van der Waals surface area contributed by atoms with Gasteiger partial charge in [0.1, 0.15) is 4.32 Å². The molecule has 0 aliphatic heterocycles. The molecule has 0 bridgehead atoms. The molecule has 0 fully saturated rings. The van der Waals surface area contributed by atoms with E-state index in [0.29, 0.717) is 0 Å². The van der Waals surface area contributed by atoms with Gasteiger partial charge in [0.15, 0.2) is 0 Å². The summed E-state index contributed by atoms with van der Waals surface area (Å²) in [6, 6.07) is 14.5. The van der Waals surface area contributed by atoms with E-state index in [1.807, 2.05) is 30.5 Å². The molecule has 0 heterocycles. The van der Waals surface area contributed by atoms with Crippen molar-refractivity contribution in [3.63, 3.8) is 0 Å². The van der Waals surface area contributed by atoms with Crippen LogP contribution in [0.5, 0.6) is 0 Å². The molecule has 1 N–H and O–H groups in total. The Hall–Kier alpha value is -1.06. The van der Waals surface area contributed by atoms with E-state index in [9.17, 15) is 0 Å². The van der Waals surface area contributed by atoms with E-state index in [-0.39, 0.29) is 0 Å². The first-order valence-electron chi connectivity index (χ1n) is 4.64. The van der Waals surface area contributed by atoms with Crippen LogP contribution in [0, 0.1) is 0 Å². The van der Waals surface area contributed by atoms with Crippen LogP contribution >= 0.6 is 24.0 Å². The Morgan fingerprint density at radius 3 is 2.67 bits per heavy atom. The van der Waals surface area contributed by atoms with Crippen molar-refractivity contribution in [1.29, 1.82) is 0 Å². The average Bonchev–Trinajstić information content (AvgIpc) is 2.29. The minimum Gasteiger partial charge on any atom is -0.341 e. The largest absolute Gasteiger partial charge is 0.341 e. The van der Waals surface area contributed by atoms with Crippen molar-refractivity contribution in [1.82, 2.24) is 0 Å². The standard InChI is InChI=1S/C12H11NS2/c1-15-12(14)13-11-8-4-6-9-5-2-3-7-10(9)11/h2-8H,1H3,(H,13,14). The molecule has 15 heavy (non-hydrogen) atoms. The predicted octanol–water partition coefficient (Wildman–Crippen LogP) is 3.90. The molecule has 0 aromatic heterocycles. The molecule has 1 nitrogen and oxygen atoms in total. The van der Waals surface area contributed by atoms with E-state index < -0.39 is 0 Å². The van der Waals surface area contributed by atoms with E-state index in [1.165, 1.54) is 10.8 Å². The van der Waals surface area contributed by atoms with E-state index in [2.05, 4.69) is 23.5 Å². The van der Waals surface area contributed by atoms with Crippen LogP contribution in [0.2, 0.25) is 0 Å². The van der Waals surface area contributed by atoms with Crippen LogP contribution in [-0.4, -0.2) is 10.6 Å². The second-order valence-electron chi connectivity index (χ2n) is 3.14. The van der Waals surface area contributed by atoms with Gasteiger partial charge in [-0.1, -0.05) is 48.6 Å². The Morgan fingerprint density at radius 2 is 1.87 bits per heavy atom. The second kappa shape index (κ2) is 4.64. The van der Waals surface area contributed by atoms with Crippen LogP contribution in [0.4, 0.5) is 5.69 Å². The van der Waals surface area contributed by atoms with Crippen LogP contribution in [0.3, 0.4) is 0 Å². The van der Waals surface area contributed by atoms with Crippen molar-refractivity contribution >= 4 is 44.8 Å². The van der Waals surface area contributed by atoms with Gasteiger partial charge >= 0.3 is 0 Å². The first-order valence-corrected chi connectivity index (χ1v) is 6.27. The summed E-state index contributed by atoms with van der Waals surface area (Å²) in [7, 11) is 0. The minimum absolute atomic E-state index is 0.798. The van der Waals surface area contributed by atoms with Gasteiger partial charge in [-0.15, -0.1) is 11.8 Å². The van der Waals surface area contributed by atoms with Crippen LogP contribution in [-0.2, 0) is 0 Å². The quantitative estimate of drug-likeness (QED) is 0.750. The van der Waals surface area contributed by atoms with Gasteiger partial charge in [-0.25, -0.2) is 0 Å².